The standard InChI is InChI=1S/C15H22N4S/c1-4-19-9-16-8-12(19)14(17-10(2)3)15-18-11-6-5-7-13(11)20-15/h8-10,14,17H,4-7H2,1-3H3. The van der Waals surface area contributed by atoms with E-state index >= 15 is 0 Å². The lowest BCUT2D eigenvalue weighted by Gasteiger charge is -2.20. The van der Waals surface area contributed by atoms with Crippen LogP contribution in [0.4, 0.5) is 0 Å². The van der Waals surface area contributed by atoms with E-state index in [0.717, 1.165) is 13.0 Å². The number of nitrogens with zero attached hydrogens (tertiary/aromatic N) is 3. The van der Waals surface area contributed by atoms with Crippen molar-refractivity contribution >= 4 is 11.3 Å². The average Bonchev–Trinajstić information content (AvgIpc) is 3.10. The minimum Gasteiger partial charge on any atom is -0.333 e. The summed E-state index contributed by atoms with van der Waals surface area (Å²) in [5, 5.41) is 4.84. The molecule has 0 bridgehead atoms. The second-order valence-electron chi connectivity index (χ2n) is 5.63. The fraction of sp³-hybridized carbons (Fsp3) is 0.600. The van der Waals surface area contributed by atoms with Crippen molar-refractivity contribution in [1.29, 1.82) is 0 Å². The molecular weight excluding hydrogens is 268 g/mol. The molecule has 0 fully saturated rings. The maximum Gasteiger partial charge on any atom is 0.116 e. The summed E-state index contributed by atoms with van der Waals surface area (Å²) in [6, 6.07) is 0.576. The minimum atomic E-state index is 0.160. The highest BCUT2D eigenvalue weighted by atomic mass is 32.1. The molecule has 0 aliphatic heterocycles. The fourth-order valence-electron chi connectivity index (χ4n) is 2.79. The van der Waals surface area contributed by atoms with Crippen LogP contribution in [0.5, 0.6) is 0 Å². The third kappa shape index (κ3) is 2.52. The molecule has 2 heterocycles. The predicted molar refractivity (Wildman–Crippen MR) is 82.2 cm³/mol. The zero-order valence-corrected chi connectivity index (χ0v) is 13.2. The van der Waals surface area contributed by atoms with E-state index in [4.69, 9.17) is 4.98 Å². The zero-order valence-electron chi connectivity index (χ0n) is 12.4. The van der Waals surface area contributed by atoms with Crippen LogP contribution in [0.3, 0.4) is 0 Å². The molecule has 20 heavy (non-hydrogen) atoms. The van der Waals surface area contributed by atoms with E-state index < -0.39 is 0 Å². The molecule has 108 valence electrons. The number of imidazole rings is 1. The van der Waals surface area contributed by atoms with Gasteiger partial charge in [0.05, 0.1) is 23.9 Å². The summed E-state index contributed by atoms with van der Waals surface area (Å²) >= 11 is 1.87. The van der Waals surface area contributed by atoms with E-state index in [0.29, 0.717) is 6.04 Å². The van der Waals surface area contributed by atoms with Gasteiger partial charge in [0.25, 0.3) is 0 Å². The van der Waals surface area contributed by atoms with Crippen LogP contribution in [0.2, 0.25) is 0 Å². The number of fused-ring (bicyclic) bond motifs is 1. The van der Waals surface area contributed by atoms with Gasteiger partial charge in [0.2, 0.25) is 0 Å². The van der Waals surface area contributed by atoms with Crippen LogP contribution < -0.4 is 5.32 Å². The normalized spacial score (nSPS) is 15.8. The third-order valence-corrected chi connectivity index (χ3v) is 4.96. The molecule has 1 N–H and O–H groups in total. The lowest BCUT2D eigenvalue weighted by molar-refractivity contribution is 0.500. The molecule has 3 rings (SSSR count). The Morgan fingerprint density at radius 1 is 1.40 bits per heavy atom. The van der Waals surface area contributed by atoms with E-state index in [9.17, 15) is 0 Å². The van der Waals surface area contributed by atoms with Crippen molar-refractivity contribution < 1.29 is 0 Å². The van der Waals surface area contributed by atoms with Crippen LogP contribution in [0, 0.1) is 0 Å². The highest BCUT2D eigenvalue weighted by molar-refractivity contribution is 7.11. The van der Waals surface area contributed by atoms with Gasteiger partial charge in [-0.15, -0.1) is 11.3 Å². The largest absolute Gasteiger partial charge is 0.333 e. The number of nitrogens with one attached hydrogen (secondary N) is 1. The first-order valence-corrected chi connectivity index (χ1v) is 8.25. The molecule has 4 nitrogen and oxygen atoms in total. The molecule has 5 heteroatoms. The Balaban J connectivity index is 1.97. The van der Waals surface area contributed by atoms with Gasteiger partial charge in [0, 0.05) is 17.5 Å². The Bertz CT molecular complexity index is 563. The lowest BCUT2D eigenvalue weighted by Crippen LogP contribution is -2.30. The Morgan fingerprint density at radius 2 is 2.25 bits per heavy atom. The van der Waals surface area contributed by atoms with Crippen molar-refractivity contribution in [3.8, 4) is 0 Å². The number of rotatable bonds is 5. The van der Waals surface area contributed by atoms with Gasteiger partial charge in [-0.05, 0) is 40.0 Å². The zero-order chi connectivity index (χ0) is 14.1. The summed E-state index contributed by atoms with van der Waals surface area (Å²) < 4.78 is 2.20. The maximum absolute atomic E-state index is 4.89. The molecule has 0 aromatic carbocycles. The average molecular weight is 290 g/mol. The summed E-state index contributed by atoms with van der Waals surface area (Å²) in [5.74, 6) is 0. The molecule has 2 aromatic heterocycles. The highest BCUT2D eigenvalue weighted by Crippen LogP contribution is 2.33. The van der Waals surface area contributed by atoms with Gasteiger partial charge < -0.3 is 9.88 Å². The SMILES string of the molecule is CCn1cncc1C(NC(C)C)c1nc2c(s1)CCC2. The number of hydrogen-bond acceptors (Lipinski definition) is 4. The second-order valence-corrected chi connectivity index (χ2v) is 6.75. The van der Waals surface area contributed by atoms with Gasteiger partial charge in [-0.2, -0.15) is 0 Å². The van der Waals surface area contributed by atoms with E-state index in [-0.39, 0.29) is 6.04 Å². The first kappa shape index (κ1) is 13.8. The molecule has 1 aliphatic carbocycles. The Kier molecular flexibility index (Phi) is 3.89. The van der Waals surface area contributed by atoms with E-state index in [1.165, 1.54) is 34.1 Å². The summed E-state index contributed by atoms with van der Waals surface area (Å²) in [5.41, 5.74) is 2.54. The van der Waals surface area contributed by atoms with Crippen LogP contribution >= 0.6 is 11.3 Å². The molecule has 0 saturated heterocycles. The predicted octanol–water partition coefficient (Wildman–Crippen LogP) is 2.94. The quantitative estimate of drug-likeness (QED) is 0.920. The molecule has 0 radical (unpaired) electrons. The van der Waals surface area contributed by atoms with Crippen molar-refractivity contribution in [3.63, 3.8) is 0 Å². The second kappa shape index (κ2) is 5.66. The van der Waals surface area contributed by atoms with Crippen molar-refractivity contribution in [3.05, 3.63) is 33.8 Å². The van der Waals surface area contributed by atoms with E-state index in [1.807, 2.05) is 23.9 Å². The van der Waals surface area contributed by atoms with Crippen LogP contribution in [0.25, 0.3) is 0 Å². The molecule has 0 amide bonds. The van der Waals surface area contributed by atoms with Gasteiger partial charge in [-0.3, -0.25) is 0 Å². The first-order chi connectivity index (χ1) is 9.69. The molecule has 2 aromatic rings. The molecule has 0 spiro atoms. The Labute approximate surface area is 124 Å². The monoisotopic (exact) mass is 290 g/mol. The number of aryl methyl sites for hydroxylation is 3. The van der Waals surface area contributed by atoms with Crippen molar-refractivity contribution in [2.75, 3.05) is 0 Å². The smallest absolute Gasteiger partial charge is 0.116 e. The molecule has 1 atom stereocenters. The summed E-state index contributed by atoms with van der Waals surface area (Å²) in [6.07, 6.45) is 7.49. The van der Waals surface area contributed by atoms with Crippen LogP contribution in [0.15, 0.2) is 12.5 Å². The van der Waals surface area contributed by atoms with Crippen LogP contribution in [0.1, 0.15) is 54.5 Å². The number of thiazole rings is 1. The van der Waals surface area contributed by atoms with Crippen molar-refractivity contribution in [1.82, 2.24) is 19.9 Å². The minimum absolute atomic E-state index is 0.160. The molecular formula is C15H22N4S. The van der Waals surface area contributed by atoms with Gasteiger partial charge in [0.15, 0.2) is 0 Å². The van der Waals surface area contributed by atoms with Crippen LogP contribution in [-0.2, 0) is 19.4 Å². The summed E-state index contributed by atoms with van der Waals surface area (Å²) in [7, 11) is 0. The third-order valence-electron chi connectivity index (χ3n) is 3.74. The Morgan fingerprint density at radius 3 is 2.95 bits per heavy atom. The first-order valence-electron chi connectivity index (χ1n) is 7.43. The van der Waals surface area contributed by atoms with Crippen molar-refractivity contribution in [2.45, 2.75) is 58.7 Å². The number of hydrogen-bond donors (Lipinski definition) is 1. The molecule has 1 aliphatic rings. The maximum atomic E-state index is 4.89. The molecule has 1 unspecified atom stereocenters. The number of aromatic nitrogens is 3. The van der Waals surface area contributed by atoms with E-state index in [2.05, 4.69) is 35.6 Å². The van der Waals surface area contributed by atoms with Gasteiger partial charge in [0.1, 0.15) is 11.0 Å². The van der Waals surface area contributed by atoms with Crippen LogP contribution in [-0.4, -0.2) is 20.6 Å². The Hall–Kier alpha value is -1.20. The van der Waals surface area contributed by atoms with Gasteiger partial charge in [-0.25, -0.2) is 9.97 Å². The topological polar surface area (TPSA) is 42.7 Å². The van der Waals surface area contributed by atoms with Gasteiger partial charge in [-0.1, -0.05) is 0 Å². The van der Waals surface area contributed by atoms with E-state index in [1.54, 1.807) is 0 Å². The highest BCUT2D eigenvalue weighted by Gasteiger charge is 2.25. The summed E-state index contributed by atoms with van der Waals surface area (Å²) in [4.78, 5) is 10.7. The lowest BCUT2D eigenvalue weighted by atomic mass is 10.2. The van der Waals surface area contributed by atoms with Gasteiger partial charge >= 0.3 is 0 Å². The van der Waals surface area contributed by atoms with Crippen molar-refractivity contribution in [2.24, 2.45) is 0 Å². The molecule has 0 saturated carbocycles. The summed E-state index contributed by atoms with van der Waals surface area (Å²) in [6.45, 7) is 7.46. The fourth-order valence-corrected chi connectivity index (χ4v) is 4.01.